The summed E-state index contributed by atoms with van der Waals surface area (Å²) in [7, 11) is 0. The molecule has 7 nitrogen and oxygen atoms in total. The lowest BCUT2D eigenvalue weighted by Gasteiger charge is -2.08. The number of anilines is 1. The number of Topliss-reactive ketones (excluding diaryl/α,β-unsaturated/α-hetero) is 1. The van der Waals surface area contributed by atoms with Gasteiger partial charge in [-0.15, -0.1) is 0 Å². The van der Waals surface area contributed by atoms with Crippen LogP contribution >= 0.6 is 0 Å². The summed E-state index contributed by atoms with van der Waals surface area (Å²) in [6.45, 7) is 5.32. The molecule has 0 radical (unpaired) electrons. The summed E-state index contributed by atoms with van der Waals surface area (Å²) in [4.78, 5) is 35.7. The molecule has 3 aromatic rings. The fourth-order valence-corrected chi connectivity index (χ4v) is 2.82. The van der Waals surface area contributed by atoms with Crippen LogP contribution in [0.1, 0.15) is 50.6 Å². The summed E-state index contributed by atoms with van der Waals surface area (Å²) in [6, 6.07) is 13.6. The third-order valence-corrected chi connectivity index (χ3v) is 4.43. The fourth-order valence-electron chi connectivity index (χ4n) is 2.82. The molecule has 0 fully saturated rings. The molecule has 0 saturated carbocycles. The topological polar surface area (TPSA) is 90.3 Å². The van der Waals surface area contributed by atoms with Crippen LogP contribution in [0.3, 0.4) is 0 Å². The van der Waals surface area contributed by atoms with Crippen LogP contribution in [0.2, 0.25) is 0 Å². The van der Waals surface area contributed by atoms with Gasteiger partial charge in [-0.3, -0.25) is 9.59 Å². The number of rotatable bonds is 6. The van der Waals surface area contributed by atoms with Crippen molar-refractivity contribution in [1.82, 2.24) is 9.78 Å². The van der Waals surface area contributed by atoms with Crippen LogP contribution in [0.4, 0.5) is 5.69 Å². The van der Waals surface area contributed by atoms with E-state index in [2.05, 4.69) is 10.4 Å². The number of hydrogen-bond acceptors (Lipinski definition) is 5. The van der Waals surface area contributed by atoms with Gasteiger partial charge in [-0.1, -0.05) is 0 Å². The van der Waals surface area contributed by atoms with Crippen LogP contribution < -0.4 is 5.32 Å². The second-order valence-electron chi connectivity index (χ2n) is 6.41. The number of hydrogen-bond donors (Lipinski definition) is 1. The molecular formula is C22H21N3O4. The predicted octanol–water partition coefficient (Wildman–Crippen LogP) is 3.81. The minimum Gasteiger partial charge on any atom is -0.462 e. The van der Waals surface area contributed by atoms with Crippen molar-refractivity contribution in [3.8, 4) is 5.69 Å². The monoisotopic (exact) mass is 391 g/mol. The van der Waals surface area contributed by atoms with Crippen molar-refractivity contribution in [2.24, 2.45) is 0 Å². The molecule has 2 aromatic carbocycles. The summed E-state index contributed by atoms with van der Waals surface area (Å²) in [6.07, 6.45) is 1.47. The molecular weight excluding hydrogens is 370 g/mol. The molecule has 7 heteroatoms. The third kappa shape index (κ3) is 4.40. The van der Waals surface area contributed by atoms with Crippen molar-refractivity contribution >= 4 is 23.3 Å². The van der Waals surface area contributed by atoms with Gasteiger partial charge in [0.15, 0.2) is 5.78 Å². The number of esters is 1. The van der Waals surface area contributed by atoms with E-state index in [1.54, 1.807) is 67.1 Å². The number of ether oxygens (including phenoxy) is 1. The summed E-state index contributed by atoms with van der Waals surface area (Å²) >= 11 is 0. The van der Waals surface area contributed by atoms with Crippen molar-refractivity contribution in [2.45, 2.75) is 20.8 Å². The molecule has 0 aliphatic heterocycles. The van der Waals surface area contributed by atoms with E-state index in [0.29, 0.717) is 34.7 Å². The highest BCUT2D eigenvalue weighted by Crippen LogP contribution is 2.17. The summed E-state index contributed by atoms with van der Waals surface area (Å²) < 4.78 is 6.64. The number of nitrogens with zero attached hydrogens (tertiary/aromatic N) is 2. The SMILES string of the molecule is CCOC(=O)c1cnn(-c2ccc(C(=O)Nc3ccc(C(C)=O)cc3)cc2)c1C. The Bertz CT molecular complexity index is 1050. The molecule has 1 N–H and O–H groups in total. The number of nitrogens with one attached hydrogen (secondary N) is 1. The number of ketones is 1. The third-order valence-electron chi connectivity index (χ3n) is 4.43. The molecule has 0 aliphatic rings. The maximum Gasteiger partial charge on any atom is 0.341 e. The number of benzene rings is 2. The zero-order valence-electron chi connectivity index (χ0n) is 16.4. The Hall–Kier alpha value is -3.74. The molecule has 148 valence electrons. The largest absolute Gasteiger partial charge is 0.462 e. The van der Waals surface area contributed by atoms with E-state index in [1.165, 1.54) is 13.1 Å². The molecule has 0 atom stereocenters. The van der Waals surface area contributed by atoms with E-state index in [-0.39, 0.29) is 11.7 Å². The highest BCUT2D eigenvalue weighted by atomic mass is 16.5. The van der Waals surface area contributed by atoms with Crippen LogP contribution in [0.15, 0.2) is 54.7 Å². The summed E-state index contributed by atoms with van der Waals surface area (Å²) in [5, 5.41) is 7.04. The van der Waals surface area contributed by atoms with Crippen LogP contribution in [0.5, 0.6) is 0 Å². The second-order valence-corrected chi connectivity index (χ2v) is 6.41. The van der Waals surface area contributed by atoms with Crippen molar-refractivity contribution < 1.29 is 19.1 Å². The van der Waals surface area contributed by atoms with Crippen LogP contribution in [-0.2, 0) is 4.74 Å². The zero-order chi connectivity index (χ0) is 21.0. The lowest BCUT2D eigenvalue weighted by molar-refractivity contribution is 0.0525. The highest BCUT2D eigenvalue weighted by molar-refractivity contribution is 6.04. The van der Waals surface area contributed by atoms with Crippen LogP contribution in [0, 0.1) is 6.92 Å². The average molecular weight is 391 g/mol. The van der Waals surface area contributed by atoms with E-state index in [4.69, 9.17) is 4.74 Å². The van der Waals surface area contributed by atoms with Crippen molar-refractivity contribution in [3.63, 3.8) is 0 Å². The van der Waals surface area contributed by atoms with Gasteiger partial charge in [0.25, 0.3) is 5.91 Å². The zero-order valence-corrected chi connectivity index (χ0v) is 16.4. The number of carbonyl (C=O) groups is 3. The van der Waals surface area contributed by atoms with E-state index in [1.807, 2.05) is 0 Å². The molecule has 0 bridgehead atoms. The predicted molar refractivity (Wildman–Crippen MR) is 109 cm³/mol. The van der Waals surface area contributed by atoms with Gasteiger partial charge in [0.05, 0.1) is 24.2 Å². The Morgan fingerprint density at radius 2 is 1.62 bits per heavy atom. The Morgan fingerprint density at radius 1 is 1.00 bits per heavy atom. The minimum atomic E-state index is -0.414. The van der Waals surface area contributed by atoms with Gasteiger partial charge < -0.3 is 10.1 Å². The van der Waals surface area contributed by atoms with E-state index >= 15 is 0 Å². The van der Waals surface area contributed by atoms with Crippen LogP contribution in [-0.4, -0.2) is 34.0 Å². The first-order chi connectivity index (χ1) is 13.9. The van der Waals surface area contributed by atoms with Gasteiger partial charge in [0.2, 0.25) is 0 Å². The van der Waals surface area contributed by atoms with Gasteiger partial charge in [0.1, 0.15) is 5.56 Å². The molecule has 3 rings (SSSR count). The number of carbonyl (C=O) groups excluding carboxylic acids is 3. The normalized spacial score (nSPS) is 10.4. The standard InChI is InChI=1S/C22H21N3O4/c1-4-29-22(28)20-13-23-25(14(20)2)19-11-7-17(8-12-19)21(27)24-18-9-5-16(6-10-18)15(3)26/h5-13H,4H2,1-3H3,(H,24,27). The maximum atomic E-state index is 12.5. The summed E-state index contributed by atoms with van der Waals surface area (Å²) in [5.74, 6) is -0.710. The molecule has 1 amide bonds. The van der Waals surface area contributed by atoms with Gasteiger partial charge in [-0.05, 0) is 69.3 Å². The lowest BCUT2D eigenvalue weighted by Crippen LogP contribution is -2.12. The summed E-state index contributed by atoms with van der Waals surface area (Å²) in [5.41, 5.74) is 3.45. The number of aromatic nitrogens is 2. The van der Waals surface area contributed by atoms with Crippen molar-refractivity contribution in [1.29, 1.82) is 0 Å². The fraction of sp³-hybridized carbons (Fsp3) is 0.182. The smallest absolute Gasteiger partial charge is 0.341 e. The van der Waals surface area contributed by atoms with Gasteiger partial charge in [-0.2, -0.15) is 5.10 Å². The van der Waals surface area contributed by atoms with Gasteiger partial charge in [-0.25, -0.2) is 9.48 Å². The van der Waals surface area contributed by atoms with E-state index < -0.39 is 5.97 Å². The first kappa shape index (κ1) is 20.0. The molecule has 0 saturated heterocycles. The molecule has 0 spiro atoms. The van der Waals surface area contributed by atoms with Gasteiger partial charge >= 0.3 is 5.97 Å². The van der Waals surface area contributed by atoms with E-state index in [0.717, 1.165) is 5.69 Å². The van der Waals surface area contributed by atoms with E-state index in [9.17, 15) is 14.4 Å². The Morgan fingerprint density at radius 3 is 2.21 bits per heavy atom. The minimum absolute atomic E-state index is 0.0292. The van der Waals surface area contributed by atoms with Gasteiger partial charge in [0, 0.05) is 16.8 Å². The number of amides is 1. The first-order valence-electron chi connectivity index (χ1n) is 9.15. The molecule has 0 unspecified atom stereocenters. The molecule has 0 aliphatic carbocycles. The highest BCUT2D eigenvalue weighted by Gasteiger charge is 2.16. The quantitative estimate of drug-likeness (QED) is 0.510. The Labute approximate surface area is 168 Å². The Balaban J connectivity index is 1.74. The van der Waals surface area contributed by atoms with Crippen LogP contribution in [0.25, 0.3) is 5.69 Å². The Kier molecular flexibility index (Phi) is 5.87. The van der Waals surface area contributed by atoms with Crippen molar-refractivity contribution in [2.75, 3.05) is 11.9 Å². The average Bonchev–Trinajstić information content (AvgIpc) is 3.10. The molecule has 1 heterocycles. The molecule has 29 heavy (non-hydrogen) atoms. The molecule has 1 aromatic heterocycles. The van der Waals surface area contributed by atoms with Crippen molar-refractivity contribution in [3.05, 3.63) is 77.1 Å². The lowest BCUT2D eigenvalue weighted by atomic mass is 10.1. The second kappa shape index (κ2) is 8.52. The first-order valence-corrected chi connectivity index (χ1v) is 9.15. The maximum absolute atomic E-state index is 12.5.